The van der Waals surface area contributed by atoms with E-state index in [4.69, 9.17) is 14.2 Å². The first-order valence-electron chi connectivity index (χ1n) is 13.3. The highest BCUT2D eigenvalue weighted by Gasteiger charge is 2.37. The van der Waals surface area contributed by atoms with Crippen LogP contribution in [0.25, 0.3) is 6.08 Å². The van der Waals surface area contributed by atoms with Crippen molar-refractivity contribution in [2.45, 2.75) is 65.6 Å². The van der Waals surface area contributed by atoms with Gasteiger partial charge in [0.1, 0.15) is 11.9 Å². The molecule has 0 saturated carbocycles. The van der Waals surface area contributed by atoms with Gasteiger partial charge in [-0.15, -0.1) is 0 Å². The monoisotopic (exact) mass is 512 g/mol. The lowest BCUT2D eigenvalue weighted by molar-refractivity contribution is -0.153. The molecule has 0 unspecified atom stereocenters. The summed E-state index contributed by atoms with van der Waals surface area (Å²) >= 11 is 0. The van der Waals surface area contributed by atoms with Crippen LogP contribution in [0.15, 0.2) is 72.3 Å². The fourth-order valence-electron chi connectivity index (χ4n) is 4.85. The van der Waals surface area contributed by atoms with Crippen LogP contribution < -0.4 is 4.74 Å². The quantitative estimate of drug-likeness (QED) is 0.241. The molecule has 0 aromatic heterocycles. The lowest BCUT2D eigenvalue weighted by Crippen LogP contribution is -2.26. The molecule has 0 spiro atoms. The summed E-state index contributed by atoms with van der Waals surface area (Å²) in [4.78, 5) is 27.2. The highest BCUT2D eigenvalue weighted by atomic mass is 16.6. The van der Waals surface area contributed by atoms with Crippen LogP contribution in [0.2, 0.25) is 0 Å². The maximum absolute atomic E-state index is 14.0. The minimum atomic E-state index is -1.06. The molecule has 3 aromatic carbocycles. The third-order valence-corrected chi connectivity index (χ3v) is 6.84. The van der Waals surface area contributed by atoms with Gasteiger partial charge in [0.05, 0.1) is 12.2 Å². The molecule has 3 aromatic rings. The number of hydrogen-bond donors (Lipinski definition) is 0. The van der Waals surface area contributed by atoms with Gasteiger partial charge in [0.15, 0.2) is 6.10 Å². The molecule has 2 atom stereocenters. The molecule has 1 aliphatic rings. The Kier molecular flexibility index (Phi) is 8.48. The molecule has 0 fully saturated rings. The highest BCUT2D eigenvalue weighted by molar-refractivity contribution is 5.96. The number of esters is 2. The highest BCUT2D eigenvalue weighted by Crippen LogP contribution is 2.42. The van der Waals surface area contributed by atoms with Crippen molar-refractivity contribution in [1.82, 2.24) is 0 Å². The molecule has 38 heavy (non-hydrogen) atoms. The van der Waals surface area contributed by atoms with Crippen LogP contribution in [0.5, 0.6) is 5.75 Å². The van der Waals surface area contributed by atoms with Crippen molar-refractivity contribution in [1.29, 1.82) is 0 Å². The Morgan fingerprint density at radius 1 is 0.868 bits per heavy atom. The van der Waals surface area contributed by atoms with Crippen LogP contribution in [-0.2, 0) is 19.1 Å². The van der Waals surface area contributed by atoms with Crippen LogP contribution in [0, 0.1) is 6.92 Å². The second kappa shape index (κ2) is 11.8. The number of carbonyl (C=O) groups is 2. The van der Waals surface area contributed by atoms with Crippen LogP contribution in [0.3, 0.4) is 0 Å². The molecule has 1 aliphatic heterocycles. The van der Waals surface area contributed by atoms with E-state index in [9.17, 15) is 9.59 Å². The van der Waals surface area contributed by atoms with Crippen molar-refractivity contribution in [3.63, 3.8) is 0 Å². The van der Waals surface area contributed by atoms with Gasteiger partial charge in [0, 0.05) is 0 Å². The van der Waals surface area contributed by atoms with Crippen molar-refractivity contribution in [3.05, 3.63) is 106 Å². The fourth-order valence-corrected chi connectivity index (χ4v) is 4.85. The van der Waals surface area contributed by atoms with Gasteiger partial charge in [-0.25, -0.2) is 9.59 Å². The van der Waals surface area contributed by atoms with Gasteiger partial charge in [-0.3, -0.25) is 0 Å². The van der Waals surface area contributed by atoms with Crippen LogP contribution >= 0.6 is 0 Å². The Morgan fingerprint density at radius 2 is 1.50 bits per heavy atom. The summed E-state index contributed by atoms with van der Waals surface area (Å²) in [6, 6.07) is 21.1. The lowest BCUT2D eigenvalue weighted by atomic mass is 9.93. The Bertz CT molecular complexity index is 1310. The number of ether oxygens (including phenoxy) is 3. The number of para-hydroxylation sites is 1. The van der Waals surface area contributed by atoms with E-state index in [1.165, 1.54) is 0 Å². The molecular weight excluding hydrogens is 476 g/mol. The molecule has 198 valence electrons. The SMILES string of the molecule is CCOC(=O)C1=Cc2c(C)cccc2[C@H](C(=O)Oc2c(C(C)C)cccc2C(C)C)O[C@H]1c1ccccc1. The number of rotatable bonds is 7. The molecule has 0 amide bonds. The maximum atomic E-state index is 14.0. The maximum Gasteiger partial charge on any atom is 0.345 e. The molecule has 0 bridgehead atoms. The average Bonchev–Trinajstić information content (AvgIpc) is 3.07. The summed E-state index contributed by atoms with van der Waals surface area (Å²) in [5.41, 5.74) is 5.36. The number of aryl methyl sites for hydroxylation is 1. The molecule has 0 radical (unpaired) electrons. The smallest absolute Gasteiger partial charge is 0.345 e. The van der Waals surface area contributed by atoms with Crippen molar-refractivity contribution in [2.24, 2.45) is 0 Å². The topological polar surface area (TPSA) is 61.8 Å². The predicted molar refractivity (Wildman–Crippen MR) is 149 cm³/mol. The molecule has 0 saturated heterocycles. The number of carbonyl (C=O) groups excluding carboxylic acids is 2. The van der Waals surface area contributed by atoms with E-state index in [1.54, 1.807) is 13.0 Å². The molecule has 0 aliphatic carbocycles. The van der Waals surface area contributed by atoms with Gasteiger partial charge < -0.3 is 14.2 Å². The summed E-state index contributed by atoms with van der Waals surface area (Å²) in [6.07, 6.45) is -0.0714. The molecular formula is C33H36O5. The second-order valence-corrected chi connectivity index (χ2v) is 10.2. The van der Waals surface area contributed by atoms with Crippen LogP contribution in [0.4, 0.5) is 0 Å². The van der Waals surface area contributed by atoms with E-state index in [-0.39, 0.29) is 18.4 Å². The van der Waals surface area contributed by atoms with Gasteiger partial charge in [0.25, 0.3) is 0 Å². The van der Waals surface area contributed by atoms with Crippen molar-refractivity contribution < 1.29 is 23.8 Å². The van der Waals surface area contributed by atoms with Crippen molar-refractivity contribution in [2.75, 3.05) is 6.61 Å². The first-order chi connectivity index (χ1) is 18.2. The zero-order valence-corrected chi connectivity index (χ0v) is 23.0. The number of benzene rings is 3. The van der Waals surface area contributed by atoms with Gasteiger partial charge in [-0.05, 0) is 65.1 Å². The average molecular weight is 513 g/mol. The zero-order chi connectivity index (χ0) is 27.4. The minimum absolute atomic E-state index is 0.162. The number of hydrogen-bond acceptors (Lipinski definition) is 5. The van der Waals surface area contributed by atoms with E-state index < -0.39 is 24.1 Å². The summed E-state index contributed by atoms with van der Waals surface area (Å²) in [5, 5.41) is 0. The van der Waals surface area contributed by atoms with E-state index in [0.29, 0.717) is 16.9 Å². The Balaban J connectivity index is 1.85. The molecule has 5 heteroatoms. The standard InChI is InChI=1S/C33H36O5/c1-7-36-32(34)28-19-27-22(6)13-11-18-26(27)31(37-29(28)23-14-9-8-10-15-23)33(35)38-30-24(20(2)3)16-12-17-25(30)21(4)5/h8-21,29,31H,7H2,1-6H3/t29-,31+/m0/s1. The first-order valence-corrected chi connectivity index (χ1v) is 13.3. The molecule has 1 heterocycles. The summed E-state index contributed by atoms with van der Waals surface area (Å²) in [5.74, 6) is -0.0898. The molecule has 4 rings (SSSR count). The van der Waals surface area contributed by atoms with E-state index in [0.717, 1.165) is 27.8 Å². The van der Waals surface area contributed by atoms with Gasteiger partial charge in [-0.2, -0.15) is 0 Å². The number of fused-ring (bicyclic) bond motifs is 1. The second-order valence-electron chi connectivity index (χ2n) is 10.2. The molecule has 5 nitrogen and oxygen atoms in total. The Morgan fingerprint density at radius 3 is 2.11 bits per heavy atom. The lowest BCUT2D eigenvalue weighted by Gasteiger charge is -2.25. The van der Waals surface area contributed by atoms with E-state index >= 15 is 0 Å². The summed E-state index contributed by atoms with van der Waals surface area (Å²) in [6.45, 7) is 12.3. The van der Waals surface area contributed by atoms with Gasteiger partial charge in [0.2, 0.25) is 0 Å². The predicted octanol–water partition coefficient (Wildman–Crippen LogP) is 7.61. The first kappa shape index (κ1) is 27.3. The Labute approximate surface area is 225 Å². The summed E-state index contributed by atoms with van der Waals surface area (Å²) < 4.78 is 18.2. The Hall–Kier alpha value is -3.70. The van der Waals surface area contributed by atoms with E-state index in [2.05, 4.69) is 27.7 Å². The third-order valence-electron chi connectivity index (χ3n) is 6.84. The van der Waals surface area contributed by atoms with Crippen molar-refractivity contribution >= 4 is 18.0 Å². The van der Waals surface area contributed by atoms with Crippen LogP contribution in [0.1, 0.15) is 92.0 Å². The van der Waals surface area contributed by atoms with Crippen LogP contribution in [-0.4, -0.2) is 18.5 Å². The van der Waals surface area contributed by atoms with Gasteiger partial charge >= 0.3 is 11.9 Å². The largest absolute Gasteiger partial charge is 0.463 e. The molecule has 0 N–H and O–H groups in total. The zero-order valence-electron chi connectivity index (χ0n) is 23.0. The van der Waals surface area contributed by atoms with E-state index in [1.807, 2.05) is 73.7 Å². The van der Waals surface area contributed by atoms with Crippen molar-refractivity contribution in [3.8, 4) is 5.75 Å². The minimum Gasteiger partial charge on any atom is -0.463 e. The summed E-state index contributed by atoms with van der Waals surface area (Å²) in [7, 11) is 0. The van der Waals surface area contributed by atoms with Gasteiger partial charge in [-0.1, -0.05) is 94.4 Å². The fraction of sp³-hybridized carbons (Fsp3) is 0.333. The normalized spacial score (nSPS) is 17.0. The third kappa shape index (κ3) is 5.58.